The van der Waals surface area contributed by atoms with Crippen LogP contribution in [0.4, 0.5) is 0 Å². The van der Waals surface area contributed by atoms with Gasteiger partial charge in [-0.05, 0) is 25.6 Å². The third-order valence-electron chi connectivity index (χ3n) is 3.38. The van der Waals surface area contributed by atoms with E-state index in [2.05, 4.69) is 25.2 Å². The molecule has 1 N–H and O–H groups in total. The van der Waals surface area contributed by atoms with Crippen molar-refractivity contribution in [1.29, 1.82) is 0 Å². The van der Waals surface area contributed by atoms with Gasteiger partial charge in [0.15, 0.2) is 0 Å². The second-order valence-electron chi connectivity index (χ2n) is 4.90. The standard InChI is InChI=1S/C17H22N2O2/c1-3-18-14(2)15-8-4-5-9-16(15)21-13-12-19-11-7-6-10-17(19)20/h4-11,14,18H,3,12-13H2,1-2H3. The van der Waals surface area contributed by atoms with E-state index < -0.39 is 0 Å². The highest BCUT2D eigenvalue weighted by Gasteiger charge is 2.09. The fourth-order valence-electron chi connectivity index (χ4n) is 2.29. The number of benzene rings is 1. The molecule has 0 aliphatic heterocycles. The molecule has 1 aromatic heterocycles. The quantitative estimate of drug-likeness (QED) is 0.851. The monoisotopic (exact) mass is 286 g/mol. The van der Waals surface area contributed by atoms with Gasteiger partial charge in [-0.3, -0.25) is 4.79 Å². The lowest BCUT2D eigenvalue weighted by Gasteiger charge is -2.17. The first kappa shape index (κ1) is 15.3. The largest absolute Gasteiger partial charge is 0.491 e. The Kier molecular flexibility index (Phi) is 5.58. The average Bonchev–Trinajstić information content (AvgIpc) is 2.50. The molecular weight excluding hydrogens is 264 g/mol. The van der Waals surface area contributed by atoms with Crippen LogP contribution in [0, 0.1) is 0 Å². The van der Waals surface area contributed by atoms with Gasteiger partial charge in [0.05, 0.1) is 6.54 Å². The number of nitrogens with one attached hydrogen (secondary N) is 1. The van der Waals surface area contributed by atoms with Crippen molar-refractivity contribution in [3.05, 3.63) is 64.6 Å². The van der Waals surface area contributed by atoms with Crippen molar-refractivity contribution in [1.82, 2.24) is 9.88 Å². The molecule has 21 heavy (non-hydrogen) atoms. The molecule has 4 heteroatoms. The van der Waals surface area contributed by atoms with E-state index >= 15 is 0 Å². The van der Waals surface area contributed by atoms with Gasteiger partial charge >= 0.3 is 0 Å². The Labute approximate surface area is 125 Å². The van der Waals surface area contributed by atoms with Crippen LogP contribution in [0.5, 0.6) is 5.75 Å². The van der Waals surface area contributed by atoms with E-state index in [1.165, 1.54) is 0 Å². The first-order valence-electron chi connectivity index (χ1n) is 7.33. The lowest BCUT2D eigenvalue weighted by atomic mass is 10.1. The maximum absolute atomic E-state index is 11.6. The number of para-hydroxylation sites is 1. The molecule has 1 atom stereocenters. The van der Waals surface area contributed by atoms with E-state index in [1.54, 1.807) is 22.9 Å². The molecule has 1 aromatic carbocycles. The highest BCUT2D eigenvalue weighted by Crippen LogP contribution is 2.24. The number of hydrogen-bond acceptors (Lipinski definition) is 3. The first-order chi connectivity index (χ1) is 10.2. The summed E-state index contributed by atoms with van der Waals surface area (Å²) in [5.74, 6) is 0.870. The van der Waals surface area contributed by atoms with Gasteiger partial charge in [0, 0.05) is 23.9 Å². The summed E-state index contributed by atoms with van der Waals surface area (Å²) in [6.07, 6.45) is 1.78. The zero-order valence-corrected chi connectivity index (χ0v) is 12.6. The molecule has 0 fully saturated rings. The van der Waals surface area contributed by atoms with Crippen LogP contribution in [0.15, 0.2) is 53.5 Å². The van der Waals surface area contributed by atoms with E-state index in [-0.39, 0.29) is 11.6 Å². The van der Waals surface area contributed by atoms with Crippen molar-refractivity contribution in [2.24, 2.45) is 0 Å². The van der Waals surface area contributed by atoms with Crippen LogP contribution in [-0.2, 0) is 6.54 Å². The molecule has 0 aliphatic rings. The van der Waals surface area contributed by atoms with Gasteiger partial charge in [-0.15, -0.1) is 0 Å². The van der Waals surface area contributed by atoms with E-state index in [0.29, 0.717) is 13.2 Å². The van der Waals surface area contributed by atoms with Crippen LogP contribution in [-0.4, -0.2) is 17.7 Å². The third kappa shape index (κ3) is 4.20. The fraction of sp³-hybridized carbons (Fsp3) is 0.353. The second-order valence-corrected chi connectivity index (χ2v) is 4.90. The maximum Gasteiger partial charge on any atom is 0.250 e. The number of aromatic nitrogens is 1. The maximum atomic E-state index is 11.6. The smallest absolute Gasteiger partial charge is 0.250 e. The van der Waals surface area contributed by atoms with Crippen molar-refractivity contribution in [3.63, 3.8) is 0 Å². The van der Waals surface area contributed by atoms with Crippen LogP contribution in [0.3, 0.4) is 0 Å². The van der Waals surface area contributed by atoms with Gasteiger partial charge in [-0.1, -0.05) is 31.2 Å². The Balaban J connectivity index is 2.00. The molecule has 1 heterocycles. The lowest BCUT2D eigenvalue weighted by molar-refractivity contribution is 0.291. The van der Waals surface area contributed by atoms with E-state index in [9.17, 15) is 4.79 Å². The van der Waals surface area contributed by atoms with Gasteiger partial charge in [0.1, 0.15) is 12.4 Å². The average molecular weight is 286 g/mol. The molecule has 0 amide bonds. The molecule has 112 valence electrons. The Morgan fingerprint density at radius 1 is 1.19 bits per heavy atom. The highest BCUT2D eigenvalue weighted by atomic mass is 16.5. The van der Waals surface area contributed by atoms with Gasteiger partial charge < -0.3 is 14.6 Å². The molecule has 0 bridgehead atoms. The summed E-state index contributed by atoms with van der Waals surface area (Å²) in [6, 6.07) is 13.4. The van der Waals surface area contributed by atoms with Crippen LogP contribution in [0.1, 0.15) is 25.5 Å². The Morgan fingerprint density at radius 3 is 2.71 bits per heavy atom. The summed E-state index contributed by atoms with van der Waals surface area (Å²) in [7, 11) is 0. The molecule has 4 nitrogen and oxygen atoms in total. The van der Waals surface area contributed by atoms with Crippen LogP contribution in [0.25, 0.3) is 0 Å². The van der Waals surface area contributed by atoms with Gasteiger partial charge in [-0.25, -0.2) is 0 Å². The lowest BCUT2D eigenvalue weighted by Crippen LogP contribution is -2.22. The molecule has 1 unspecified atom stereocenters. The van der Waals surface area contributed by atoms with Crippen molar-refractivity contribution in [2.45, 2.75) is 26.4 Å². The van der Waals surface area contributed by atoms with Crippen molar-refractivity contribution in [2.75, 3.05) is 13.2 Å². The predicted molar refractivity (Wildman–Crippen MR) is 84.7 cm³/mol. The summed E-state index contributed by atoms with van der Waals surface area (Å²) in [4.78, 5) is 11.6. The summed E-state index contributed by atoms with van der Waals surface area (Å²) in [6.45, 7) is 6.13. The molecule has 2 rings (SSSR count). The molecule has 0 saturated heterocycles. The van der Waals surface area contributed by atoms with Gasteiger partial charge in [0.2, 0.25) is 0 Å². The molecule has 0 saturated carbocycles. The van der Waals surface area contributed by atoms with Crippen molar-refractivity contribution < 1.29 is 4.74 Å². The van der Waals surface area contributed by atoms with E-state index in [1.807, 2.05) is 24.3 Å². The molecule has 0 aliphatic carbocycles. The number of pyridine rings is 1. The predicted octanol–water partition coefficient (Wildman–Crippen LogP) is 2.60. The summed E-state index contributed by atoms with van der Waals surface area (Å²) in [5.41, 5.74) is 1.13. The third-order valence-corrected chi connectivity index (χ3v) is 3.38. The zero-order valence-electron chi connectivity index (χ0n) is 12.6. The zero-order chi connectivity index (χ0) is 15.1. The fourth-order valence-corrected chi connectivity index (χ4v) is 2.29. The molecule has 0 spiro atoms. The van der Waals surface area contributed by atoms with Gasteiger partial charge in [-0.2, -0.15) is 0 Å². The Morgan fingerprint density at radius 2 is 1.95 bits per heavy atom. The first-order valence-corrected chi connectivity index (χ1v) is 7.33. The topological polar surface area (TPSA) is 43.3 Å². The minimum absolute atomic E-state index is 0.00426. The number of ether oxygens (including phenoxy) is 1. The van der Waals surface area contributed by atoms with Crippen molar-refractivity contribution in [3.8, 4) is 5.75 Å². The summed E-state index contributed by atoms with van der Waals surface area (Å²) >= 11 is 0. The van der Waals surface area contributed by atoms with Crippen LogP contribution < -0.4 is 15.6 Å². The second kappa shape index (κ2) is 7.64. The number of rotatable bonds is 7. The van der Waals surface area contributed by atoms with Gasteiger partial charge in [0.25, 0.3) is 5.56 Å². The normalized spacial score (nSPS) is 12.1. The number of nitrogens with zero attached hydrogens (tertiary/aromatic N) is 1. The highest BCUT2D eigenvalue weighted by molar-refractivity contribution is 5.35. The van der Waals surface area contributed by atoms with Crippen molar-refractivity contribution >= 4 is 0 Å². The van der Waals surface area contributed by atoms with E-state index in [4.69, 9.17) is 4.74 Å². The Hall–Kier alpha value is -2.07. The molecular formula is C17H22N2O2. The molecule has 2 aromatic rings. The van der Waals surface area contributed by atoms with Crippen LogP contribution >= 0.6 is 0 Å². The minimum Gasteiger partial charge on any atom is -0.491 e. The SMILES string of the molecule is CCNC(C)c1ccccc1OCCn1ccccc1=O. The minimum atomic E-state index is -0.00426. The summed E-state index contributed by atoms with van der Waals surface area (Å²) in [5, 5.41) is 3.38. The number of hydrogen-bond donors (Lipinski definition) is 1. The molecule has 0 radical (unpaired) electrons. The van der Waals surface area contributed by atoms with Crippen LogP contribution in [0.2, 0.25) is 0 Å². The Bertz CT molecular complexity index is 622. The van der Waals surface area contributed by atoms with E-state index in [0.717, 1.165) is 17.9 Å². The summed E-state index contributed by atoms with van der Waals surface area (Å²) < 4.78 is 7.51.